The van der Waals surface area contributed by atoms with Gasteiger partial charge in [0.1, 0.15) is 5.65 Å². The fourth-order valence-electron chi connectivity index (χ4n) is 2.43. The number of hydrogen-bond acceptors (Lipinski definition) is 2. The van der Waals surface area contributed by atoms with Gasteiger partial charge in [-0.3, -0.25) is 4.79 Å². The van der Waals surface area contributed by atoms with E-state index in [9.17, 15) is 4.79 Å². The number of imidazole rings is 1. The van der Waals surface area contributed by atoms with Gasteiger partial charge in [0.2, 0.25) is 5.91 Å². The summed E-state index contributed by atoms with van der Waals surface area (Å²) >= 11 is 0. The minimum absolute atomic E-state index is 0.218. The van der Waals surface area contributed by atoms with E-state index in [0.717, 1.165) is 36.5 Å². The van der Waals surface area contributed by atoms with E-state index in [-0.39, 0.29) is 5.91 Å². The number of nitrogens with zero attached hydrogens (tertiary/aromatic N) is 3. The first-order chi connectivity index (χ1) is 9.17. The Labute approximate surface area is 114 Å². The van der Waals surface area contributed by atoms with Gasteiger partial charge < -0.3 is 9.30 Å². The monoisotopic (exact) mass is 259 g/mol. The predicted octanol–water partition coefficient (Wildman–Crippen LogP) is 2.44. The van der Waals surface area contributed by atoms with Crippen LogP contribution >= 0.6 is 0 Å². The number of amides is 1. The molecule has 0 unspecified atom stereocenters. The minimum Gasteiger partial charge on any atom is -0.343 e. The third-order valence-electron chi connectivity index (χ3n) is 3.52. The van der Waals surface area contributed by atoms with Crippen LogP contribution in [-0.2, 0) is 11.2 Å². The first-order valence-corrected chi connectivity index (χ1v) is 6.87. The maximum Gasteiger partial charge on any atom is 0.222 e. The Bertz CT molecular complexity index is 570. The highest BCUT2D eigenvalue weighted by molar-refractivity contribution is 5.76. The van der Waals surface area contributed by atoms with Crippen molar-refractivity contribution < 1.29 is 4.79 Å². The molecule has 0 aromatic carbocycles. The average molecular weight is 259 g/mol. The lowest BCUT2D eigenvalue weighted by atomic mass is 10.2. The first-order valence-electron chi connectivity index (χ1n) is 6.87. The number of aromatic nitrogens is 2. The van der Waals surface area contributed by atoms with Crippen molar-refractivity contribution in [1.29, 1.82) is 0 Å². The Morgan fingerprint density at radius 1 is 1.32 bits per heavy atom. The number of carbonyl (C=O) groups excluding carboxylic acids is 1. The zero-order valence-electron chi connectivity index (χ0n) is 11.9. The molecule has 0 aliphatic rings. The minimum atomic E-state index is 0.218. The standard InChI is InChI=1S/C15H21N3O/c1-4-17(5-2)15(19)10-9-13-12(3)16-14-8-6-7-11-18(13)14/h6-8,11H,4-5,9-10H2,1-3H3. The highest BCUT2D eigenvalue weighted by Crippen LogP contribution is 2.14. The van der Waals surface area contributed by atoms with Crippen molar-refractivity contribution in [3.63, 3.8) is 0 Å². The van der Waals surface area contributed by atoms with E-state index >= 15 is 0 Å². The lowest BCUT2D eigenvalue weighted by molar-refractivity contribution is -0.130. The molecule has 0 aliphatic heterocycles. The Morgan fingerprint density at radius 3 is 2.74 bits per heavy atom. The predicted molar refractivity (Wildman–Crippen MR) is 76.2 cm³/mol. The van der Waals surface area contributed by atoms with Crippen LogP contribution < -0.4 is 0 Å². The highest BCUT2D eigenvalue weighted by atomic mass is 16.2. The molecule has 0 fully saturated rings. The molecule has 0 saturated heterocycles. The molecule has 0 saturated carbocycles. The molecule has 2 aromatic rings. The van der Waals surface area contributed by atoms with Gasteiger partial charge >= 0.3 is 0 Å². The summed E-state index contributed by atoms with van der Waals surface area (Å²) in [5.74, 6) is 0.218. The molecule has 0 bridgehead atoms. The lowest BCUT2D eigenvalue weighted by Gasteiger charge is -2.18. The number of fused-ring (bicyclic) bond motifs is 1. The summed E-state index contributed by atoms with van der Waals surface area (Å²) in [5, 5.41) is 0. The van der Waals surface area contributed by atoms with Crippen LogP contribution in [0.4, 0.5) is 0 Å². The lowest BCUT2D eigenvalue weighted by Crippen LogP contribution is -2.30. The summed E-state index contributed by atoms with van der Waals surface area (Å²) in [6.07, 6.45) is 3.30. The smallest absolute Gasteiger partial charge is 0.222 e. The van der Waals surface area contributed by atoms with E-state index < -0.39 is 0 Å². The SMILES string of the molecule is CCN(CC)C(=O)CCc1c(C)nc2ccccn12. The zero-order valence-corrected chi connectivity index (χ0v) is 11.9. The van der Waals surface area contributed by atoms with Gasteiger partial charge in [0.25, 0.3) is 0 Å². The molecule has 0 radical (unpaired) electrons. The third-order valence-corrected chi connectivity index (χ3v) is 3.52. The maximum absolute atomic E-state index is 12.0. The van der Waals surface area contributed by atoms with Gasteiger partial charge in [0.05, 0.1) is 5.69 Å². The van der Waals surface area contributed by atoms with E-state index in [2.05, 4.69) is 9.38 Å². The van der Waals surface area contributed by atoms with Gasteiger partial charge in [-0.05, 0) is 39.3 Å². The van der Waals surface area contributed by atoms with Crippen LogP contribution in [0.1, 0.15) is 31.7 Å². The Hall–Kier alpha value is -1.84. The molecule has 2 aromatic heterocycles. The van der Waals surface area contributed by atoms with Crippen LogP contribution in [0.5, 0.6) is 0 Å². The molecule has 102 valence electrons. The van der Waals surface area contributed by atoms with Crippen molar-refractivity contribution in [1.82, 2.24) is 14.3 Å². The topological polar surface area (TPSA) is 37.6 Å². The first kappa shape index (κ1) is 13.6. The van der Waals surface area contributed by atoms with Crippen molar-refractivity contribution >= 4 is 11.6 Å². The van der Waals surface area contributed by atoms with Crippen molar-refractivity contribution in [2.24, 2.45) is 0 Å². The van der Waals surface area contributed by atoms with Gasteiger partial charge in [-0.1, -0.05) is 6.07 Å². The van der Waals surface area contributed by atoms with Crippen LogP contribution in [-0.4, -0.2) is 33.3 Å². The number of carbonyl (C=O) groups is 1. The van der Waals surface area contributed by atoms with Crippen molar-refractivity contribution in [2.75, 3.05) is 13.1 Å². The summed E-state index contributed by atoms with van der Waals surface area (Å²) < 4.78 is 2.07. The molecule has 4 heteroatoms. The highest BCUT2D eigenvalue weighted by Gasteiger charge is 2.13. The molecule has 0 atom stereocenters. The fraction of sp³-hybridized carbons (Fsp3) is 0.467. The summed E-state index contributed by atoms with van der Waals surface area (Å²) in [4.78, 5) is 18.4. The van der Waals surface area contributed by atoms with E-state index in [1.54, 1.807) is 0 Å². The average Bonchev–Trinajstić information content (AvgIpc) is 2.73. The number of aryl methyl sites for hydroxylation is 2. The molecule has 2 heterocycles. The summed E-state index contributed by atoms with van der Waals surface area (Å²) in [6, 6.07) is 5.96. The Morgan fingerprint density at radius 2 is 2.05 bits per heavy atom. The van der Waals surface area contributed by atoms with E-state index in [1.165, 1.54) is 0 Å². The molecular weight excluding hydrogens is 238 g/mol. The van der Waals surface area contributed by atoms with Gasteiger partial charge in [-0.15, -0.1) is 0 Å². The fourth-order valence-corrected chi connectivity index (χ4v) is 2.43. The molecule has 0 N–H and O–H groups in total. The summed E-state index contributed by atoms with van der Waals surface area (Å²) in [6.45, 7) is 7.59. The van der Waals surface area contributed by atoms with Crippen molar-refractivity contribution in [2.45, 2.75) is 33.6 Å². The summed E-state index contributed by atoms with van der Waals surface area (Å²) in [5.41, 5.74) is 3.10. The number of rotatable bonds is 5. The molecule has 2 rings (SSSR count). The second kappa shape index (κ2) is 5.87. The van der Waals surface area contributed by atoms with Crippen molar-refractivity contribution in [3.8, 4) is 0 Å². The van der Waals surface area contributed by atoms with Crippen molar-refractivity contribution in [3.05, 3.63) is 35.8 Å². The quantitative estimate of drug-likeness (QED) is 0.827. The molecular formula is C15H21N3O. The van der Waals surface area contributed by atoms with Crippen LogP contribution in [0.2, 0.25) is 0 Å². The Kier molecular flexibility index (Phi) is 4.20. The second-order valence-corrected chi connectivity index (χ2v) is 4.64. The zero-order chi connectivity index (χ0) is 13.8. The largest absolute Gasteiger partial charge is 0.343 e. The van der Waals surface area contributed by atoms with Gasteiger partial charge in [0.15, 0.2) is 0 Å². The second-order valence-electron chi connectivity index (χ2n) is 4.64. The number of hydrogen-bond donors (Lipinski definition) is 0. The number of pyridine rings is 1. The molecule has 0 aliphatic carbocycles. The van der Waals surface area contributed by atoms with Crippen LogP contribution in [0.25, 0.3) is 5.65 Å². The van der Waals surface area contributed by atoms with Gasteiger partial charge in [-0.2, -0.15) is 0 Å². The molecule has 4 nitrogen and oxygen atoms in total. The van der Waals surface area contributed by atoms with E-state index in [4.69, 9.17) is 0 Å². The third kappa shape index (κ3) is 2.78. The van der Waals surface area contributed by atoms with Gasteiger partial charge in [0, 0.05) is 31.4 Å². The van der Waals surface area contributed by atoms with Crippen LogP contribution in [0.3, 0.4) is 0 Å². The van der Waals surface area contributed by atoms with Gasteiger partial charge in [-0.25, -0.2) is 4.98 Å². The van der Waals surface area contributed by atoms with Crippen LogP contribution in [0, 0.1) is 6.92 Å². The van der Waals surface area contributed by atoms with E-state index in [1.807, 2.05) is 50.1 Å². The Balaban J connectivity index is 2.14. The summed E-state index contributed by atoms with van der Waals surface area (Å²) in [7, 11) is 0. The molecule has 19 heavy (non-hydrogen) atoms. The maximum atomic E-state index is 12.0. The normalized spacial score (nSPS) is 10.9. The van der Waals surface area contributed by atoms with Crippen LogP contribution in [0.15, 0.2) is 24.4 Å². The molecule has 0 spiro atoms. The molecule has 1 amide bonds. The van der Waals surface area contributed by atoms with E-state index in [0.29, 0.717) is 6.42 Å².